The van der Waals surface area contributed by atoms with Crippen LogP contribution >= 0.6 is 11.3 Å². The Morgan fingerprint density at radius 2 is 1.80 bits per heavy atom. The molecule has 6 heteroatoms. The van der Waals surface area contributed by atoms with Gasteiger partial charge in [0.1, 0.15) is 5.84 Å². The number of amidine groups is 2. The smallest absolute Gasteiger partial charge is 0.200 e. The summed E-state index contributed by atoms with van der Waals surface area (Å²) in [5.74, 6) is 2.56. The van der Waals surface area contributed by atoms with Crippen LogP contribution in [-0.4, -0.2) is 28.1 Å². The van der Waals surface area contributed by atoms with E-state index in [9.17, 15) is 0 Å². The fraction of sp³-hybridized carbons (Fsp3) is 0.222. The van der Waals surface area contributed by atoms with Gasteiger partial charge in [0.25, 0.3) is 0 Å². The lowest BCUT2D eigenvalue weighted by molar-refractivity contribution is 0.324. The maximum Gasteiger partial charge on any atom is 0.200 e. The summed E-state index contributed by atoms with van der Waals surface area (Å²) in [4.78, 5) is 14.9. The molecule has 0 saturated heterocycles. The molecule has 1 spiro atoms. The van der Waals surface area contributed by atoms with Crippen molar-refractivity contribution in [2.45, 2.75) is 69.1 Å². The number of anilines is 1. The van der Waals surface area contributed by atoms with Gasteiger partial charge in [-0.3, -0.25) is 0 Å². The molecule has 4 aromatic carbocycles. The van der Waals surface area contributed by atoms with E-state index in [1.54, 1.807) is 27.5 Å². The minimum atomic E-state index is -0.383. The summed E-state index contributed by atoms with van der Waals surface area (Å²) in [5.41, 5.74) is 14.1. The van der Waals surface area contributed by atoms with Crippen LogP contribution in [0.3, 0.4) is 0 Å². The van der Waals surface area contributed by atoms with Gasteiger partial charge in [-0.05, 0) is 116 Å². The number of aromatic nitrogens is 1. The number of aryl methyl sites for hydroxylation is 1. The lowest BCUT2D eigenvalue weighted by Gasteiger charge is -2.46. The van der Waals surface area contributed by atoms with E-state index in [0.29, 0.717) is 17.7 Å². The Morgan fingerprint density at radius 3 is 2.70 bits per heavy atom. The van der Waals surface area contributed by atoms with Crippen molar-refractivity contribution in [1.29, 1.82) is 0 Å². The summed E-state index contributed by atoms with van der Waals surface area (Å²) in [6.45, 7) is 8.24. The Labute approximate surface area is 355 Å². The third-order valence-corrected chi connectivity index (χ3v) is 15.2. The molecule has 6 aromatic rings. The summed E-state index contributed by atoms with van der Waals surface area (Å²) in [7, 11) is 0. The van der Waals surface area contributed by atoms with Crippen molar-refractivity contribution in [3.63, 3.8) is 0 Å². The van der Waals surface area contributed by atoms with Crippen molar-refractivity contribution >= 4 is 61.8 Å². The summed E-state index contributed by atoms with van der Waals surface area (Å²) >= 11 is 2.04. The van der Waals surface area contributed by atoms with Crippen molar-refractivity contribution in [2.75, 3.05) is 4.90 Å². The van der Waals surface area contributed by atoms with Crippen molar-refractivity contribution in [1.82, 2.24) is 9.88 Å². The normalized spacial score (nSPS) is 23.7. The van der Waals surface area contributed by atoms with E-state index in [1.807, 2.05) is 23.5 Å². The molecule has 12 rings (SSSR count). The van der Waals surface area contributed by atoms with Gasteiger partial charge < -0.3 is 14.8 Å². The monoisotopic (exact) mass is 797 g/mol. The van der Waals surface area contributed by atoms with E-state index in [4.69, 9.17) is 9.98 Å². The van der Waals surface area contributed by atoms with Gasteiger partial charge in [0.05, 0.1) is 11.1 Å². The van der Waals surface area contributed by atoms with Crippen molar-refractivity contribution in [3.05, 3.63) is 190 Å². The third-order valence-electron chi connectivity index (χ3n) is 14.0. The first kappa shape index (κ1) is 35.7. The predicted molar refractivity (Wildman–Crippen MR) is 253 cm³/mol. The molecule has 0 radical (unpaired) electrons. The van der Waals surface area contributed by atoms with E-state index < -0.39 is 0 Å². The molecular weight excluding hydrogens is 751 g/mol. The van der Waals surface area contributed by atoms with Crippen LogP contribution in [0, 0.1) is 5.92 Å². The number of hydrogen-bond acceptors (Lipinski definition) is 5. The molecular formula is C54H47N5S. The average molecular weight is 798 g/mol. The number of fused-ring (bicyclic) bond motifs is 11. The molecule has 6 aliphatic rings. The minimum Gasteiger partial charge on any atom is -0.331 e. The summed E-state index contributed by atoms with van der Waals surface area (Å²) in [6, 6.07) is 31.4. The number of nitrogens with one attached hydrogen (secondary N) is 1. The molecule has 4 aliphatic carbocycles. The van der Waals surface area contributed by atoms with Gasteiger partial charge in [0.2, 0.25) is 6.29 Å². The number of aliphatic imine (C=N–C) groups is 2. The molecule has 4 heterocycles. The largest absolute Gasteiger partial charge is 0.331 e. The fourth-order valence-corrected chi connectivity index (χ4v) is 12.8. The number of rotatable bonds is 6. The van der Waals surface area contributed by atoms with Crippen molar-refractivity contribution in [3.8, 4) is 5.69 Å². The number of allylic oxidation sites excluding steroid dienone is 6. The Bertz CT molecular complexity index is 2980. The topological polar surface area (TPSA) is 44.9 Å². The maximum atomic E-state index is 5.49. The third kappa shape index (κ3) is 5.43. The molecule has 4 atom stereocenters. The zero-order valence-electron chi connectivity index (χ0n) is 33.8. The number of hydrogen-bond donors (Lipinski definition) is 1. The van der Waals surface area contributed by atoms with Gasteiger partial charge in [-0.15, -0.1) is 11.3 Å². The molecule has 60 heavy (non-hydrogen) atoms. The molecule has 2 aliphatic heterocycles. The first-order chi connectivity index (χ1) is 29.6. The van der Waals surface area contributed by atoms with Gasteiger partial charge in [0, 0.05) is 66.5 Å². The Balaban J connectivity index is 0.973. The van der Waals surface area contributed by atoms with E-state index in [1.165, 1.54) is 62.2 Å². The highest BCUT2D eigenvalue weighted by Gasteiger charge is 2.50. The lowest BCUT2D eigenvalue weighted by atomic mass is 9.71. The van der Waals surface area contributed by atoms with E-state index >= 15 is 0 Å². The quantitative estimate of drug-likeness (QED) is 0.135. The van der Waals surface area contributed by atoms with E-state index in [-0.39, 0.29) is 11.8 Å². The standard InChI is InChI=1S/C54H47N5S/c1-3-14-34(4-2)51-55-52(37-25-27-46-43(31-37)41-20-11-13-22-45(41)58(46)39-17-6-5-7-18-39)57-53(56-51)59-44-21-12-9-16-38(44)32-54(59)30-29-42-48(33-54)60-47-28-26-36-24-23-35-15-8-10-19-40(35)49(36)50(42)47/h3-9,11-12,14-18,20-21,23-28,31,35,40,53H,1-2,10,13,19,22,29-30,32-33H2,(H,55,56,57)/b34-14+. The zero-order valence-corrected chi connectivity index (χ0v) is 34.6. The number of thiophene rings is 1. The Kier molecular flexibility index (Phi) is 8.28. The van der Waals surface area contributed by atoms with Crippen LogP contribution in [0.2, 0.25) is 0 Å². The van der Waals surface area contributed by atoms with Gasteiger partial charge in [-0.25, -0.2) is 9.98 Å². The van der Waals surface area contributed by atoms with Gasteiger partial charge in [0.15, 0.2) is 5.84 Å². The molecule has 5 nitrogen and oxygen atoms in total. The summed E-state index contributed by atoms with van der Waals surface area (Å²) < 4.78 is 3.89. The first-order valence-electron chi connectivity index (χ1n) is 21.7. The molecule has 0 fully saturated rings. The highest BCUT2D eigenvalue weighted by molar-refractivity contribution is 7.19. The average Bonchev–Trinajstić information content (AvgIpc) is 3.94. The lowest BCUT2D eigenvalue weighted by Crippen LogP contribution is -2.60. The van der Waals surface area contributed by atoms with Crippen molar-refractivity contribution < 1.29 is 0 Å². The van der Waals surface area contributed by atoms with Crippen LogP contribution in [0.4, 0.5) is 5.69 Å². The molecule has 1 N–H and O–H groups in total. The summed E-state index contributed by atoms with van der Waals surface area (Å²) in [5, 5.41) is 6.74. The van der Waals surface area contributed by atoms with Gasteiger partial charge >= 0.3 is 0 Å². The van der Waals surface area contributed by atoms with Crippen molar-refractivity contribution in [2.24, 2.45) is 15.9 Å². The van der Waals surface area contributed by atoms with Crippen LogP contribution in [0.15, 0.2) is 156 Å². The first-order valence-corrected chi connectivity index (χ1v) is 22.5. The van der Waals surface area contributed by atoms with Crippen LogP contribution in [0.25, 0.3) is 38.8 Å². The zero-order chi connectivity index (χ0) is 40.0. The van der Waals surface area contributed by atoms with Crippen LogP contribution < -0.4 is 10.2 Å². The van der Waals surface area contributed by atoms with Crippen LogP contribution in [0.5, 0.6) is 0 Å². The number of nitrogens with zero attached hydrogens (tertiary/aromatic N) is 4. The van der Waals surface area contributed by atoms with Crippen LogP contribution in [0.1, 0.15) is 75.6 Å². The predicted octanol–water partition coefficient (Wildman–Crippen LogP) is 12.2. The fourth-order valence-electron chi connectivity index (χ4n) is 11.4. The molecule has 0 saturated carbocycles. The SMILES string of the molecule is C=C/C=C(\C=C)C1=NC(N2c3ccccc3CC23CCc2c(sc4ccc5c(c24)C2CCC=CC2C=C5)C3)NC(c2ccc3c(c2)c2c(n3-c3ccccc3)CCC=C2)=N1. The van der Waals surface area contributed by atoms with E-state index in [0.717, 1.165) is 55.5 Å². The number of benzene rings is 4. The number of para-hydroxylation sites is 2. The second-order valence-electron chi connectivity index (χ2n) is 17.3. The second kappa shape index (κ2) is 13.9. The molecule has 2 aromatic heterocycles. The maximum absolute atomic E-state index is 5.49. The highest BCUT2D eigenvalue weighted by atomic mass is 32.1. The Morgan fingerprint density at radius 1 is 0.900 bits per heavy atom. The van der Waals surface area contributed by atoms with Crippen LogP contribution in [-0.2, 0) is 25.7 Å². The van der Waals surface area contributed by atoms with E-state index in [2.05, 4.69) is 149 Å². The minimum absolute atomic E-state index is 0.153. The molecule has 4 unspecified atom stereocenters. The highest BCUT2D eigenvalue weighted by Crippen LogP contribution is 2.53. The Hall–Kier alpha value is -6.24. The van der Waals surface area contributed by atoms with Gasteiger partial charge in [-0.2, -0.15) is 0 Å². The molecule has 0 amide bonds. The molecule has 294 valence electrons. The second-order valence-corrected chi connectivity index (χ2v) is 18.4. The summed E-state index contributed by atoms with van der Waals surface area (Å²) in [6.07, 6.45) is 28.0. The molecule has 0 bridgehead atoms. The van der Waals surface area contributed by atoms with Gasteiger partial charge in [-0.1, -0.05) is 110 Å².